The number of carboxylic acids is 1. The van der Waals surface area contributed by atoms with Crippen molar-refractivity contribution >= 4 is 28.6 Å². The van der Waals surface area contributed by atoms with E-state index in [1.807, 2.05) is 16.7 Å². The number of rotatable bonds is 9. The van der Waals surface area contributed by atoms with Crippen LogP contribution in [0.5, 0.6) is 5.88 Å². The van der Waals surface area contributed by atoms with Crippen molar-refractivity contribution in [2.75, 3.05) is 13.1 Å². The van der Waals surface area contributed by atoms with Crippen LogP contribution in [0.25, 0.3) is 11.0 Å². The second-order valence-electron chi connectivity index (χ2n) is 10.3. The van der Waals surface area contributed by atoms with E-state index in [0.717, 1.165) is 37.4 Å². The number of aryl methyl sites for hydroxylation is 1. The van der Waals surface area contributed by atoms with E-state index in [1.165, 1.54) is 6.07 Å². The summed E-state index contributed by atoms with van der Waals surface area (Å²) >= 11 is 5.84. The number of likely N-dealkylation sites (tertiary alicyclic amines) is 1. The minimum atomic E-state index is -0.998. The van der Waals surface area contributed by atoms with E-state index in [0.29, 0.717) is 52.4 Å². The highest BCUT2D eigenvalue weighted by atomic mass is 35.5. The van der Waals surface area contributed by atoms with Crippen LogP contribution in [0.3, 0.4) is 0 Å². The molecule has 1 aliphatic heterocycles. The third-order valence-corrected chi connectivity index (χ3v) is 7.68. The number of nitrogens with zero attached hydrogens (tertiary/aromatic N) is 6. The lowest BCUT2D eigenvalue weighted by atomic mass is 9.93. The molecule has 6 rings (SSSR count). The van der Waals surface area contributed by atoms with Crippen LogP contribution in [0.15, 0.2) is 59.0 Å². The quantitative estimate of drug-likeness (QED) is 0.233. The molecule has 3 aromatic heterocycles. The maximum Gasteiger partial charge on any atom is 0.335 e. The molecule has 0 unspecified atom stereocenters. The molecular weight excluding hydrogens is 563 g/mol. The molecule has 10 nitrogen and oxygen atoms in total. The zero-order valence-corrected chi connectivity index (χ0v) is 23.6. The standard InChI is InChI=1S/C30H28ClFN6O4/c1-18-35-36-29(42-18)16-38-26-13-20(30(39)40)6-8-25(26)33-27(38)15-37-11-9-19(10-12-37)24-3-2-4-28(34-24)41-17-21-5-7-22(31)14-23(21)32/h2-8,13-14,19H,9-12,15-17H2,1H3,(H,39,40). The van der Waals surface area contributed by atoms with E-state index in [4.69, 9.17) is 30.7 Å². The number of ether oxygens (including phenoxy) is 1. The fraction of sp³-hybridized carbons (Fsp3) is 0.300. The monoisotopic (exact) mass is 590 g/mol. The van der Waals surface area contributed by atoms with Crippen LogP contribution in [0.1, 0.15) is 58.0 Å². The number of aromatic carboxylic acids is 1. The zero-order chi connectivity index (χ0) is 29.2. The van der Waals surface area contributed by atoms with Crippen molar-refractivity contribution in [1.29, 1.82) is 0 Å². The van der Waals surface area contributed by atoms with Gasteiger partial charge in [0.2, 0.25) is 17.7 Å². The number of imidazole rings is 1. The van der Waals surface area contributed by atoms with E-state index in [-0.39, 0.29) is 18.1 Å². The SMILES string of the molecule is Cc1nnc(Cn2c(CN3CCC(c4cccc(OCc5ccc(Cl)cc5F)n4)CC3)nc3ccc(C(=O)O)cc32)o1. The summed E-state index contributed by atoms with van der Waals surface area (Å²) in [6.07, 6.45) is 1.79. The molecule has 1 aliphatic rings. The van der Waals surface area contributed by atoms with E-state index in [2.05, 4.69) is 15.1 Å². The number of hydrogen-bond donors (Lipinski definition) is 1. The highest BCUT2D eigenvalue weighted by molar-refractivity contribution is 6.30. The molecule has 12 heteroatoms. The highest BCUT2D eigenvalue weighted by Gasteiger charge is 2.24. The van der Waals surface area contributed by atoms with Gasteiger partial charge in [0, 0.05) is 35.2 Å². The summed E-state index contributed by atoms with van der Waals surface area (Å²) in [6, 6.07) is 15.1. The number of carboxylic acid groups (broad SMARTS) is 1. The van der Waals surface area contributed by atoms with Crippen molar-refractivity contribution in [2.24, 2.45) is 0 Å². The summed E-state index contributed by atoms with van der Waals surface area (Å²) in [6.45, 7) is 4.33. The third kappa shape index (κ3) is 6.12. The largest absolute Gasteiger partial charge is 0.478 e. The summed E-state index contributed by atoms with van der Waals surface area (Å²) < 4.78 is 27.5. The Labute approximate surface area is 245 Å². The number of aromatic nitrogens is 5. The van der Waals surface area contributed by atoms with Crippen LogP contribution < -0.4 is 4.74 Å². The minimum absolute atomic E-state index is 0.0655. The van der Waals surface area contributed by atoms with Crippen LogP contribution in [0, 0.1) is 12.7 Å². The van der Waals surface area contributed by atoms with Crippen molar-refractivity contribution in [2.45, 2.75) is 45.4 Å². The van der Waals surface area contributed by atoms with Gasteiger partial charge in [0.15, 0.2) is 0 Å². The van der Waals surface area contributed by atoms with Gasteiger partial charge in [-0.1, -0.05) is 23.7 Å². The lowest BCUT2D eigenvalue weighted by Gasteiger charge is -2.31. The topological polar surface area (TPSA) is 119 Å². The highest BCUT2D eigenvalue weighted by Crippen LogP contribution is 2.30. The van der Waals surface area contributed by atoms with Gasteiger partial charge in [-0.05, 0) is 62.3 Å². The van der Waals surface area contributed by atoms with Crippen LogP contribution in [0.2, 0.25) is 5.02 Å². The molecule has 1 N–H and O–H groups in total. The summed E-state index contributed by atoms with van der Waals surface area (Å²) in [5.41, 5.74) is 2.97. The maximum absolute atomic E-state index is 14.1. The smallest absolute Gasteiger partial charge is 0.335 e. The predicted octanol–water partition coefficient (Wildman–Crippen LogP) is 5.62. The van der Waals surface area contributed by atoms with Gasteiger partial charge in [-0.3, -0.25) is 4.90 Å². The average molecular weight is 591 g/mol. The first-order valence-corrected chi connectivity index (χ1v) is 14.0. The van der Waals surface area contributed by atoms with Crippen LogP contribution >= 0.6 is 11.6 Å². The fourth-order valence-electron chi connectivity index (χ4n) is 5.26. The maximum atomic E-state index is 14.1. The van der Waals surface area contributed by atoms with E-state index < -0.39 is 11.8 Å². The third-order valence-electron chi connectivity index (χ3n) is 7.44. The van der Waals surface area contributed by atoms with E-state index >= 15 is 0 Å². The Morgan fingerprint density at radius 3 is 2.67 bits per heavy atom. The minimum Gasteiger partial charge on any atom is -0.478 e. The molecule has 0 saturated carbocycles. The summed E-state index contributed by atoms with van der Waals surface area (Å²) in [5, 5.41) is 17.9. The van der Waals surface area contributed by atoms with Gasteiger partial charge in [0.1, 0.15) is 24.8 Å². The number of piperidine rings is 1. The molecule has 0 bridgehead atoms. The normalized spacial score (nSPS) is 14.5. The lowest BCUT2D eigenvalue weighted by molar-refractivity contribution is 0.0697. The first kappa shape index (κ1) is 27.8. The first-order valence-electron chi connectivity index (χ1n) is 13.6. The lowest BCUT2D eigenvalue weighted by Crippen LogP contribution is -2.33. The molecule has 1 fully saturated rings. The van der Waals surface area contributed by atoms with Gasteiger partial charge in [-0.2, -0.15) is 0 Å². The van der Waals surface area contributed by atoms with Gasteiger partial charge in [-0.25, -0.2) is 19.2 Å². The van der Waals surface area contributed by atoms with Crippen LogP contribution in [0.4, 0.5) is 4.39 Å². The Morgan fingerprint density at radius 1 is 1.10 bits per heavy atom. The Morgan fingerprint density at radius 2 is 1.93 bits per heavy atom. The number of fused-ring (bicyclic) bond motifs is 1. The number of halogens is 2. The fourth-order valence-corrected chi connectivity index (χ4v) is 5.41. The Hall–Kier alpha value is -4.35. The first-order chi connectivity index (χ1) is 20.3. The summed E-state index contributed by atoms with van der Waals surface area (Å²) in [4.78, 5) is 23.5. The van der Waals surface area contributed by atoms with Gasteiger partial charge < -0.3 is 18.8 Å². The Bertz CT molecular complexity index is 1750. The number of hydrogen-bond acceptors (Lipinski definition) is 8. The van der Waals surface area contributed by atoms with Gasteiger partial charge in [0.05, 0.1) is 23.1 Å². The average Bonchev–Trinajstić information content (AvgIpc) is 3.55. The van der Waals surface area contributed by atoms with Crippen molar-refractivity contribution < 1.29 is 23.4 Å². The molecule has 2 aromatic carbocycles. The van der Waals surface area contributed by atoms with Crippen molar-refractivity contribution in [3.05, 3.63) is 99.9 Å². The molecule has 216 valence electrons. The molecule has 0 aliphatic carbocycles. The molecule has 5 aromatic rings. The second-order valence-corrected chi connectivity index (χ2v) is 10.7. The molecule has 0 radical (unpaired) electrons. The molecule has 1 saturated heterocycles. The molecule has 0 atom stereocenters. The van der Waals surface area contributed by atoms with Crippen molar-refractivity contribution in [3.8, 4) is 5.88 Å². The van der Waals surface area contributed by atoms with Gasteiger partial charge in [-0.15, -0.1) is 10.2 Å². The summed E-state index contributed by atoms with van der Waals surface area (Å²) in [7, 11) is 0. The number of benzene rings is 2. The van der Waals surface area contributed by atoms with Crippen LogP contribution in [-0.4, -0.2) is 53.8 Å². The molecule has 4 heterocycles. The van der Waals surface area contributed by atoms with Gasteiger partial charge >= 0.3 is 5.97 Å². The van der Waals surface area contributed by atoms with E-state index in [9.17, 15) is 14.3 Å². The molecule has 42 heavy (non-hydrogen) atoms. The molecular formula is C30H28ClFN6O4. The van der Waals surface area contributed by atoms with Crippen molar-refractivity contribution in [3.63, 3.8) is 0 Å². The second kappa shape index (κ2) is 11.9. The van der Waals surface area contributed by atoms with E-state index in [1.54, 1.807) is 43.3 Å². The number of carbonyl (C=O) groups is 1. The van der Waals surface area contributed by atoms with Gasteiger partial charge in [0.25, 0.3) is 0 Å². The van der Waals surface area contributed by atoms with Crippen LogP contribution in [-0.2, 0) is 19.7 Å². The summed E-state index contributed by atoms with van der Waals surface area (Å²) in [5.74, 6) is 0.996. The van der Waals surface area contributed by atoms with Crippen molar-refractivity contribution in [1.82, 2.24) is 29.6 Å². The Balaban J connectivity index is 1.13. The molecule has 0 amide bonds. The zero-order valence-electron chi connectivity index (χ0n) is 22.8. The predicted molar refractivity (Wildman–Crippen MR) is 152 cm³/mol. The number of pyridine rings is 1. The molecule has 0 spiro atoms. The Kier molecular flexibility index (Phi) is 7.86.